The summed E-state index contributed by atoms with van der Waals surface area (Å²) >= 11 is 0. The molecule has 1 aromatic heterocycles. The van der Waals surface area contributed by atoms with E-state index in [1.165, 1.54) is 11.1 Å². The highest BCUT2D eigenvalue weighted by atomic mass is 16.3. The Balaban J connectivity index is 1.62. The van der Waals surface area contributed by atoms with Gasteiger partial charge in [0.15, 0.2) is 0 Å². The first-order valence-electron chi connectivity index (χ1n) is 8.21. The van der Waals surface area contributed by atoms with E-state index in [9.17, 15) is 5.11 Å². The summed E-state index contributed by atoms with van der Waals surface area (Å²) in [7, 11) is 1.88. The molecule has 0 bridgehead atoms. The summed E-state index contributed by atoms with van der Waals surface area (Å²) in [5.41, 5.74) is 2.57. The van der Waals surface area contributed by atoms with Gasteiger partial charge in [-0.2, -0.15) is 5.10 Å². The van der Waals surface area contributed by atoms with Gasteiger partial charge in [0.2, 0.25) is 0 Å². The van der Waals surface area contributed by atoms with Crippen LogP contribution in [0.5, 0.6) is 0 Å². The second-order valence-electron chi connectivity index (χ2n) is 6.56. The highest BCUT2D eigenvalue weighted by Crippen LogP contribution is 2.40. The maximum atomic E-state index is 10.9. The fourth-order valence-corrected chi connectivity index (χ4v) is 3.54. The maximum absolute atomic E-state index is 10.9. The zero-order valence-corrected chi connectivity index (χ0v) is 13.7. The summed E-state index contributed by atoms with van der Waals surface area (Å²) < 4.78 is 1.74. The predicted octanol–water partition coefficient (Wildman–Crippen LogP) is 2.71. The van der Waals surface area contributed by atoms with E-state index < -0.39 is 5.60 Å². The third-order valence-corrected chi connectivity index (χ3v) is 4.77. The fraction of sp³-hybridized carbons (Fsp3) is 0.250. The van der Waals surface area contributed by atoms with E-state index in [0.29, 0.717) is 13.1 Å². The van der Waals surface area contributed by atoms with E-state index in [1.54, 1.807) is 10.9 Å². The van der Waals surface area contributed by atoms with Crippen molar-refractivity contribution in [2.24, 2.45) is 7.05 Å². The van der Waals surface area contributed by atoms with Gasteiger partial charge in [-0.25, -0.2) is 0 Å². The fourth-order valence-electron chi connectivity index (χ4n) is 3.54. The summed E-state index contributed by atoms with van der Waals surface area (Å²) in [5, 5.41) is 15.1. The van der Waals surface area contributed by atoms with Gasteiger partial charge in [0.05, 0.1) is 12.2 Å². The number of aromatic nitrogens is 2. The van der Waals surface area contributed by atoms with Crippen LogP contribution in [-0.4, -0.2) is 32.9 Å². The molecule has 4 heteroatoms. The molecule has 0 spiro atoms. The van der Waals surface area contributed by atoms with Crippen LogP contribution < -0.4 is 0 Å². The van der Waals surface area contributed by atoms with Crippen LogP contribution in [0.15, 0.2) is 73.1 Å². The van der Waals surface area contributed by atoms with Gasteiger partial charge < -0.3 is 5.11 Å². The van der Waals surface area contributed by atoms with Crippen LogP contribution in [0.25, 0.3) is 0 Å². The van der Waals surface area contributed by atoms with Crippen LogP contribution in [0, 0.1) is 0 Å². The molecule has 0 aliphatic carbocycles. The van der Waals surface area contributed by atoms with Gasteiger partial charge in [-0.05, 0) is 11.1 Å². The van der Waals surface area contributed by atoms with E-state index in [-0.39, 0.29) is 6.04 Å². The number of aryl methyl sites for hydroxylation is 1. The number of benzene rings is 2. The molecule has 4 rings (SSSR count). The normalized spacial score (nSPS) is 17.0. The van der Waals surface area contributed by atoms with Crippen LogP contribution in [0.2, 0.25) is 0 Å². The van der Waals surface area contributed by atoms with Gasteiger partial charge in [-0.1, -0.05) is 60.7 Å². The lowest BCUT2D eigenvalue weighted by molar-refractivity contribution is -0.116. The molecule has 2 heterocycles. The van der Waals surface area contributed by atoms with E-state index in [0.717, 1.165) is 5.56 Å². The van der Waals surface area contributed by atoms with E-state index >= 15 is 0 Å². The molecule has 0 saturated carbocycles. The molecule has 0 atom stereocenters. The first-order chi connectivity index (χ1) is 11.7. The largest absolute Gasteiger partial charge is 0.382 e. The number of rotatable bonds is 4. The van der Waals surface area contributed by atoms with Gasteiger partial charge in [0.1, 0.15) is 5.60 Å². The molecule has 1 fully saturated rings. The lowest BCUT2D eigenvalue weighted by atomic mass is 9.84. The second kappa shape index (κ2) is 5.89. The van der Waals surface area contributed by atoms with Crippen LogP contribution in [-0.2, 0) is 12.6 Å². The molecule has 122 valence electrons. The highest BCUT2D eigenvalue weighted by Gasteiger charge is 2.46. The number of aliphatic hydroxyl groups is 1. The monoisotopic (exact) mass is 319 g/mol. The highest BCUT2D eigenvalue weighted by molar-refractivity contribution is 5.34. The van der Waals surface area contributed by atoms with Crippen LogP contribution in [0.3, 0.4) is 0 Å². The van der Waals surface area contributed by atoms with Crippen molar-refractivity contribution in [2.45, 2.75) is 11.6 Å². The Kier molecular flexibility index (Phi) is 3.71. The summed E-state index contributed by atoms with van der Waals surface area (Å²) in [4.78, 5) is 2.32. The summed E-state index contributed by atoms with van der Waals surface area (Å²) in [5.74, 6) is 0. The van der Waals surface area contributed by atoms with Crippen molar-refractivity contribution in [3.05, 3.63) is 89.7 Å². The van der Waals surface area contributed by atoms with Crippen molar-refractivity contribution in [1.82, 2.24) is 14.7 Å². The summed E-state index contributed by atoms with van der Waals surface area (Å²) in [6.45, 7) is 1.21. The van der Waals surface area contributed by atoms with Crippen molar-refractivity contribution in [2.75, 3.05) is 13.1 Å². The van der Waals surface area contributed by atoms with E-state index in [2.05, 4.69) is 58.5 Å². The SMILES string of the molecule is Cn1cc(C2(O)CN(C(c3ccccc3)c3ccccc3)C2)cn1. The Bertz CT molecular complexity index is 768. The molecule has 0 amide bonds. The van der Waals surface area contributed by atoms with Crippen LogP contribution in [0.1, 0.15) is 22.7 Å². The first kappa shape index (κ1) is 15.1. The Morgan fingerprint density at radius 1 is 0.958 bits per heavy atom. The average molecular weight is 319 g/mol. The Morgan fingerprint density at radius 3 is 1.96 bits per heavy atom. The molecule has 1 N–H and O–H groups in total. The molecule has 1 saturated heterocycles. The van der Waals surface area contributed by atoms with Crippen molar-refractivity contribution in [1.29, 1.82) is 0 Å². The summed E-state index contributed by atoms with van der Waals surface area (Å²) in [6.07, 6.45) is 3.66. The molecule has 1 aliphatic rings. The van der Waals surface area contributed by atoms with Crippen molar-refractivity contribution in [3.8, 4) is 0 Å². The van der Waals surface area contributed by atoms with Gasteiger partial charge in [0, 0.05) is 31.9 Å². The van der Waals surface area contributed by atoms with E-state index in [4.69, 9.17) is 0 Å². The molecule has 1 aliphatic heterocycles. The summed E-state index contributed by atoms with van der Waals surface area (Å²) in [6, 6.07) is 21.1. The van der Waals surface area contributed by atoms with Crippen molar-refractivity contribution in [3.63, 3.8) is 0 Å². The number of β-amino-alcohol motifs (C(OH)–C–C–N with tert-alkyl or cyclic N) is 1. The van der Waals surface area contributed by atoms with Gasteiger partial charge in [-0.3, -0.25) is 9.58 Å². The minimum absolute atomic E-state index is 0.157. The smallest absolute Gasteiger partial charge is 0.118 e. The minimum atomic E-state index is -0.809. The molecule has 3 aromatic rings. The third-order valence-electron chi connectivity index (χ3n) is 4.77. The number of hydrogen-bond donors (Lipinski definition) is 1. The predicted molar refractivity (Wildman–Crippen MR) is 93.4 cm³/mol. The Hall–Kier alpha value is -2.43. The average Bonchev–Trinajstić information content (AvgIpc) is 3.02. The van der Waals surface area contributed by atoms with Gasteiger partial charge in [-0.15, -0.1) is 0 Å². The molecule has 4 nitrogen and oxygen atoms in total. The molecular formula is C20H21N3O. The quantitative estimate of drug-likeness (QED) is 0.804. The van der Waals surface area contributed by atoms with Crippen molar-refractivity contribution >= 4 is 0 Å². The lowest BCUT2D eigenvalue weighted by Gasteiger charge is -2.50. The molecule has 2 aromatic carbocycles. The zero-order chi connectivity index (χ0) is 16.6. The number of likely N-dealkylation sites (tertiary alicyclic amines) is 1. The zero-order valence-electron chi connectivity index (χ0n) is 13.7. The van der Waals surface area contributed by atoms with Crippen LogP contribution in [0.4, 0.5) is 0 Å². The minimum Gasteiger partial charge on any atom is -0.382 e. The topological polar surface area (TPSA) is 41.3 Å². The Morgan fingerprint density at radius 2 is 1.50 bits per heavy atom. The van der Waals surface area contributed by atoms with Gasteiger partial charge in [0.25, 0.3) is 0 Å². The Labute approximate surface area is 142 Å². The number of hydrogen-bond acceptors (Lipinski definition) is 3. The number of nitrogens with zero attached hydrogens (tertiary/aromatic N) is 3. The van der Waals surface area contributed by atoms with Gasteiger partial charge >= 0.3 is 0 Å². The molecule has 24 heavy (non-hydrogen) atoms. The van der Waals surface area contributed by atoms with Crippen molar-refractivity contribution < 1.29 is 5.11 Å². The van der Waals surface area contributed by atoms with E-state index in [1.807, 2.05) is 25.4 Å². The van der Waals surface area contributed by atoms with Crippen LogP contribution >= 0.6 is 0 Å². The molecule has 0 unspecified atom stereocenters. The molecular weight excluding hydrogens is 298 g/mol. The first-order valence-corrected chi connectivity index (χ1v) is 8.21. The third kappa shape index (κ3) is 2.64. The lowest BCUT2D eigenvalue weighted by Crippen LogP contribution is -2.60. The second-order valence-corrected chi connectivity index (χ2v) is 6.56. The standard InChI is InChI=1S/C20H21N3O/c1-22-13-18(12-21-22)20(24)14-23(15-20)19(16-8-4-2-5-9-16)17-10-6-3-7-11-17/h2-13,19,24H,14-15H2,1H3. The molecule has 0 radical (unpaired) electrons. The maximum Gasteiger partial charge on any atom is 0.118 e.